The number of carbonyl (C=O) groups is 1. The molecular formula is C17H13Cl2N5O. The van der Waals surface area contributed by atoms with Gasteiger partial charge in [0.25, 0.3) is 5.91 Å². The normalized spacial score (nSPS) is 10.3. The summed E-state index contributed by atoms with van der Waals surface area (Å²) < 4.78 is 0. The highest BCUT2D eigenvalue weighted by molar-refractivity contribution is 6.40. The number of benzene rings is 1. The number of carbonyl (C=O) groups excluding carboxylic acids is 1. The van der Waals surface area contributed by atoms with Gasteiger partial charge >= 0.3 is 0 Å². The van der Waals surface area contributed by atoms with Gasteiger partial charge in [0.2, 0.25) is 0 Å². The number of pyridine rings is 2. The number of amides is 1. The molecule has 1 amide bonds. The Morgan fingerprint density at radius 3 is 2.44 bits per heavy atom. The van der Waals surface area contributed by atoms with Crippen molar-refractivity contribution >= 4 is 52.3 Å². The van der Waals surface area contributed by atoms with Crippen LogP contribution in [-0.2, 0) is 0 Å². The number of nitrogens with two attached hydrogens (primary N) is 1. The number of rotatable bonds is 4. The average Bonchev–Trinajstić information content (AvgIpc) is 2.55. The van der Waals surface area contributed by atoms with Crippen molar-refractivity contribution in [1.29, 1.82) is 0 Å². The van der Waals surface area contributed by atoms with Crippen LogP contribution in [0.2, 0.25) is 10.0 Å². The summed E-state index contributed by atoms with van der Waals surface area (Å²) in [6.07, 6.45) is 1.55. The Labute approximate surface area is 154 Å². The molecule has 0 atom stereocenters. The third-order valence-corrected chi connectivity index (χ3v) is 3.86. The first-order valence-electron chi connectivity index (χ1n) is 7.24. The Bertz CT molecular complexity index is 912. The summed E-state index contributed by atoms with van der Waals surface area (Å²) in [5.41, 5.74) is 6.39. The van der Waals surface area contributed by atoms with Crippen molar-refractivity contribution in [1.82, 2.24) is 9.97 Å². The number of halogens is 2. The molecule has 25 heavy (non-hydrogen) atoms. The van der Waals surface area contributed by atoms with E-state index in [0.29, 0.717) is 23.1 Å². The van der Waals surface area contributed by atoms with E-state index in [0.717, 1.165) is 0 Å². The van der Waals surface area contributed by atoms with E-state index in [2.05, 4.69) is 20.6 Å². The van der Waals surface area contributed by atoms with Gasteiger partial charge in [-0.15, -0.1) is 0 Å². The minimum Gasteiger partial charge on any atom is -0.384 e. The Morgan fingerprint density at radius 2 is 1.72 bits per heavy atom. The standard InChI is InChI=1S/C17H13Cl2N5O/c18-11-3-1-4-12(19)16(11)17(25)22-10-7-8-21-15(9-10)24-14-6-2-5-13(20)23-14/h1-9H,(H4,20,21,22,23,24,25). The maximum atomic E-state index is 12.4. The molecule has 4 N–H and O–H groups in total. The van der Waals surface area contributed by atoms with Crippen LogP contribution >= 0.6 is 23.2 Å². The van der Waals surface area contributed by atoms with Gasteiger partial charge in [-0.05, 0) is 30.3 Å². The van der Waals surface area contributed by atoms with Crippen molar-refractivity contribution < 1.29 is 4.79 Å². The van der Waals surface area contributed by atoms with Crippen LogP contribution in [0.1, 0.15) is 10.4 Å². The van der Waals surface area contributed by atoms with Crippen molar-refractivity contribution in [2.45, 2.75) is 0 Å². The first-order valence-corrected chi connectivity index (χ1v) is 7.99. The van der Waals surface area contributed by atoms with Crippen LogP contribution in [0.4, 0.5) is 23.1 Å². The molecule has 126 valence electrons. The molecule has 0 fully saturated rings. The molecule has 6 nitrogen and oxygen atoms in total. The molecule has 8 heteroatoms. The number of nitrogens with zero attached hydrogens (tertiary/aromatic N) is 2. The monoisotopic (exact) mass is 373 g/mol. The molecule has 2 heterocycles. The molecule has 0 aliphatic heterocycles. The molecule has 0 spiro atoms. The van der Waals surface area contributed by atoms with E-state index in [4.69, 9.17) is 28.9 Å². The Morgan fingerprint density at radius 1 is 1.00 bits per heavy atom. The summed E-state index contributed by atoms with van der Waals surface area (Å²) >= 11 is 12.1. The maximum Gasteiger partial charge on any atom is 0.258 e. The molecule has 0 aliphatic rings. The fourth-order valence-electron chi connectivity index (χ4n) is 2.14. The van der Waals surface area contributed by atoms with Crippen molar-refractivity contribution in [3.8, 4) is 0 Å². The highest BCUT2D eigenvalue weighted by Crippen LogP contribution is 2.25. The highest BCUT2D eigenvalue weighted by atomic mass is 35.5. The molecule has 3 aromatic rings. The van der Waals surface area contributed by atoms with Gasteiger partial charge in [0.15, 0.2) is 0 Å². The van der Waals surface area contributed by atoms with Gasteiger partial charge in [0.1, 0.15) is 17.5 Å². The van der Waals surface area contributed by atoms with Crippen molar-refractivity contribution in [2.24, 2.45) is 0 Å². The number of aromatic nitrogens is 2. The minimum atomic E-state index is -0.408. The van der Waals surface area contributed by atoms with E-state index in [1.165, 1.54) is 0 Å². The van der Waals surface area contributed by atoms with E-state index in [1.54, 1.807) is 54.7 Å². The molecule has 0 saturated carbocycles. The van der Waals surface area contributed by atoms with Gasteiger partial charge in [0, 0.05) is 18.0 Å². The third kappa shape index (κ3) is 4.17. The molecule has 0 aliphatic carbocycles. The predicted octanol–water partition coefficient (Wildman–Crippen LogP) is 4.36. The summed E-state index contributed by atoms with van der Waals surface area (Å²) in [7, 11) is 0. The van der Waals surface area contributed by atoms with Crippen LogP contribution in [-0.4, -0.2) is 15.9 Å². The second-order valence-corrected chi connectivity index (χ2v) is 5.87. The number of hydrogen-bond donors (Lipinski definition) is 3. The lowest BCUT2D eigenvalue weighted by atomic mass is 10.2. The zero-order chi connectivity index (χ0) is 17.8. The largest absolute Gasteiger partial charge is 0.384 e. The second kappa shape index (κ2) is 7.38. The molecule has 1 aromatic carbocycles. The summed E-state index contributed by atoms with van der Waals surface area (Å²) in [4.78, 5) is 20.7. The van der Waals surface area contributed by atoms with Gasteiger partial charge in [-0.2, -0.15) is 0 Å². The van der Waals surface area contributed by atoms with Crippen LogP contribution < -0.4 is 16.4 Å². The van der Waals surface area contributed by atoms with E-state index in [-0.39, 0.29) is 15.6 Å². The van der Waals surface area contributed by atoms with E-state index in [9.17, 15) is 4.79 Å². The van der Waals surface area contributed by atoms with E-state index < -0.39 is 5.91 Å². The Balaban J connectivity index is 1.79. The van der Waals surface area contributed by atoms with Crippen molar-refractivity contribution in [2.75, 3.05) is 16.4 Å². The number of nitrogens with one attached hydrogen (secondary N) is 2. The third-order valence-electron chi connectivity index (χ3n) is 3.23. The molecule has 0 saturated heterocycles. The first kappa shape index (κ1) is 17.0. The molecular weight excluding hydrogens is 361 g/mol. The molecule has 0 bridgehead atoms. The molecule has 3 rings (SSSR count). The number of anilines is 4. The quantitative estimate of drug-likeness (QED) is 0.631. The summed E-state index contributed by atoms with van der Waals surface area (Å²) in [6.45, 7) is 0. The summed E-state index contributed by atoms with van der Waals surface area (Å²) in [5.74, 6) is 1.03. The van der Waals surface area contributed by atoms with Crippen LogP contribution in [0.15, 0.2) is 54.7 Å². The smallest absolute Gasteiger partial charge is 0.258 e. The van der Waals surface area contributed by atoms with E-state index in [1.807, 2.05) is 0 Å². The van der Waals surface area contributed by atoms with Crippen LogP contribution in [0, 0.1) is 0 Å². The Kier molecular flexibility index (Phi) is 5.02. The molecule has 0 unspecified atom stereocenters. The van der Waals surface area contributed by atoms with Crippen LogP contribution in [0.25, 0.3) is 0 Å². The topological polar surface area (TPSA) is 92.9 Å². The second-order valence-electron chi connectivity index (χ2n) is 5.05. The lowest BCUT2D eigenvalue weighted by Gasteiger charge is -2.10. The highest BCUT2D eigenvalue weighted by Gasteiger charge is 2.14. The SMILES string of the molecule is Nc1cccc(Nc2cc(NC(=O)c3c(Cl)cccc3Cl)ccn2)n1. The first-order chi connectivity index (χ1) is 12.0. The lowest BCUT2D eigenvalue weighted by molar-refractivity contribution is 0.102. The zero-order valence-electron chi connectivity index (χ0n) is 12.8. The lowest BCUT2D eigenvalue weighted by Crippen LogP contribution is -2.13. The van der Waals surface area contributed by atoms with Gasteiger partial charge in [-0.3, -0.25) is 4.79 Å². The zero-order valence-corrected chi connectivity index (χ0v) is 14.3. The molecule has 0 radical (unpaired) electrons. The fraction of sp³-hybridized carbons (Fsp3) is 0. The Hall–Kier alpha value is -2.83. The molecule has 2 aromatic heterocycles. The summed E-state index contributed by atoms with van der Waals surface area (Å²) in [6, 6.07) is 13.4. The maximum absolute atomic E-state index is 12.4. The van der Waals surface area contributed by atoms with Crippen LogP contribution in [0.5, 0.6) is 0 Å². The fourth-order valence-corrected chi connectivity index (χ4v) is 2.71. The summed E-state index contributed by atoms with van der Waals surface area (Å²) in [5, 5.41) is 6.32. The van der Waals surface area contributed by atoms with Crippen LogP contribution in [0.3, 0.4) is 0 Å². The minimum absolute atomic E-state index is 0.217. The number of hydrogen-bond acceptors (Lipinski definition) is 5. The van der Waals surface area contributed by atoms with Gasteiger partial charge in [-0.1, -0.05) is 35.3 Å². The van der Waals surface area contributed by atoms with Crippen molar-refractivity contribution in [3.63, 3.8) is 0 Å². The van der Waals surface area contributed by atoms with Gasteiger partial charge < -0.3 is 16.4 Å². The number of nitrogen functional groups attached to an aromatic ring is 1. The predicted molar refractivity (Wildman–Crippen MR) is 101 cm³/mol. The van der Waals surface area contributed by atoms with E-state index >= 15 is 0 Å². The average molecular weight is 374 g/mol. The van der Waals surface area contributed by atoms with Crippen molar-refractivity contribution in [3.05, 3.63) is 70.3 Å². The van der Waals surface area contributed by atoms with Gasteiger partial charge in [-0.25, -0.2) is 9.97 Å². The van der Waals surface area contributed by atoms with Gasteiger partial charge in [0.05, 0.1) is 15.6 Å².